The number of carbonyl (C=O) groups excluding carboxylic acids is 1. The Morgan fingerprint density at radius 3 is 2.38 bits per heavy atom. The molecule has 0 aliphatic heterocycles. The number of aliphatic carboxylic acids is 1. The molecule has 0 aliphatic carbocycles. The van der Waals surface area contributed by atoms with Gasteiger partial charge in [-0.25, -0.2) is 9.18 Å². The number of nitrogens with one attached hydrogen (secondary N) is 1. The molecule has 0 heterocycles. The quantitative estimate of drug-likeness (QED) is 0.529. The molecule has 0 aromatic heterocycles. The maximum absolute atomic E-state index is 12.4. The predicted molar refractivity (Wildman–Crippen MR) is 43.6 cm³/mol. The summed E-state index contributed by atoms with van der Waals surface area (Å²) in [6.45, 7) is 2.49. The molecule has 76 valence electrons. The fraction of sp³-hybridized carbons (Fsp3) is 0.714. The lowest BCUT2D eigenvalue weighted by Crippen LogP contribution is -2.62. The molecule has 0 aromatic carbocycles. The Hall–Kier alpha value is -1.17. The van der Waals surface area contributed by atoms with Gasteiger partial charge in [-0.2, -0.15) is 0 Å². The summed E-state index contributed by atoms with van der Waals surface area (Å²) in [5.41, 5.74) is 3.40. The zero-order chi connectivity index (χ0) is 10.6. The fourth-order valence-corrected chi connectivity index (χ4v) is 0.612. The first kappa shape index (κ1) is 11.8. The molecule has 0 aromatic rings. The second-order valence-electron chi connectivity index (χ2n) is 2.74. The standard InChI is InChI=1S/C7H13FN2O3/c1-3-7(9,6(12)13)10-5(11)4(2)8/h4H,3,9H2,1-2H3,(H,10,11)(H,12,13). The molecule has 2 unspecified atom stereocenters. The van der Waals surface area contributed by atoms with Gasteiger partial charge in [-0.1, -0.05) is 6.92 Å². The van der Waals surface area contributed by atoms with Crippen LogP contribution in [0, 0.1) is 0 Å². The van der Waals surface area contributed by atoms with Crippen LogP contribution in [0.3, 0.4) is 0 Å². The number of hydrogen-bond donors (Lipinski definition) is 3. The van der Waals surface area contributed by atoms with Crippen molar-refractivity contribution in [1.82, 2.24) is 5.32 Å². The third-order valence-corrected chi connectivity index (χ3v) is 1.65. The van der Waals surface area contributed by atoms with E-state index in [2.05, 4.69) is 0 Å². The molecule has 0 saturated heterocycles. The maximum Gasteiger partial charge on any atom is 0.344 e. The summed E-state index contributed by atoms with van der Waals surface area (Å²) in [4.78, 5) is 21.3. The van der Waals surface area contributed by atoms with Crippen molar-refractivity contribution in [3.63, 3.8) is 0 Å². The molecule has 4 N–H and O–H groups in total. The van der Waals surface area contributed by atoms with Crippen LogP contribution in [-0.2, 0) is 9.59 Å². The van der Waals surface area contributed by atoms with Crippen LogP contribution in [-0.4, -0.2) is 28.8 Å². The summed E-state index contributed by atoms with van der Waals surface area (Å²) in [6, 6.07) is 0. The predicted octanol–water partition coefficient (Wildman–Crippen LogP) is -0.390. The Labute approximate surface area is 75.1 Å². The average Bonchev–Trinajstić information content (AvgIpc) is 2.03. The minimum atomic E-state index is -1.88. The summed E-state index contributed by atoms with van der Waals surface area (Å²) >= 11 is 0. The van der Waals surface area contributed by atoms with E-state index in [1.54, 1.807) is 0 Å². The minimum absolute atomic E-state index is 0.0131. The van der Waals surface area contributed by atoms with Gasteiger partial charge >= 0.3 is 5.97 Å². The largest absolute Gasteiger partial charge is 0.478 e. The Morgan fingerprint density at radius 1 is 1.69 bits per heavy atom. The molecule has 5 nitrogen and oxygen atoms in total. The van der Waals surface area contributed by atoms with Crippen LogP contribution in [0.4, 0.5) is 4.39 Å². The first-order chi connectivity index (χ1) is 5.83. The van der Waals surface area contributed by atoms with Crippen LogP contribution < -0.4 is 11.1 Å². The number of carboxylic acids is 1. The Morgan fingerprint density at radius 2 is 2.15 bits per heavy atom. The maximum atomic E-state index is 12.4. The molecule has 0 spiro atoms. The van der Waals surface area contributed by atoms with Gasteiger partial charge in [-0.3, -0.25) is 10.5 Å². The van der Waals surface area contributed by atoms with Crippen molar-refractivity contribution in [2.75, 3.05) is 0 Å². The van der Waals surface area contributed by atoms with Crippen molar-refractivity contribution in [3.8, 4) is 0 Å². The van der Waals surface area contributed by atoms with Gasteiger partial charge in [0.1, 0.15) is 0 Å². The van der Waals surface area contributed by atoms with Gasteiger partial charge in [0.05, 0.1) is 0 Å². The second kappa shape index (κ2) is 4.18. The zero-order valence-electron chi connectivity index (χ0n) is 7.50. The van der Waals surface area contributed by atoms with E-state index in [4.69, 9.17) is 10.8 Å². The Bertz CT molecular complexity index is 220. The highest BCUT2D eigenvalue weighted by molar-refractivity contribution is 5.88. The number of carbonyl (C=O) groups is 2. The summed E-state index contributed by atoms with van der Waals surface area (Å²) in [7, 11) is 0. The molecule has 0 rings (SSSR count). The van der Waals surface area contributed by atoms with Crippen molar-refractivity contribution in [1.29, 1.82) is 0 Å². The zero-order valence-corrected chi connectivity index (χ0v) is 7.50. The topological polar surface area (TPSA) is 92.4 Å². The highest BCUT2D eigenvalue weighted by Gasteiger charge is 2.34. The van der Waals surface area contributed by atoms with E-state index < -0.39 is 23.7 Å². The number of amides is 1. The molecule has 0 bridgehead atoms. The molecule has 2 atom stereocenters. The van der Waals surface area contributed by atoms with E-state index in [0.717, 1.165) is 6.92 Å². The van der Waals surface area contributed by atoms with Gasteiger partial charge < -0.3 is 10.4 Å². The van der Waals surface area contributed by atoms with Gasteiger partial charge in [0, 0.05) is 0 Å². The molecular formula is C7H13FN2O3. The molecule has 0 aliphatic rings. The number of hydrogen-bond acceptors (Lipinski definition) is 3. The normalized spacial score (nSPS) is 17.2. The fourth-order valence-electron chi connectivity index (χ4n) is 0.612. The van der Waals surface area contributed by atoms with Crippen molar-refractivity contribution in [3.05, 3.63) is 0 Å². The molecular weight excluding hydrogens is 179 g/mol. The van der Waals surface area contributed by atoms with E-state index in [0.29, 0.717) is 0 Å². The van der Waals surface area contributed by atoms with Crippen molar-refractivity contribution in [2.24, 2.45) is 5.73 Å². The second-order valence-corrected chi connectivity index (χ2v) is 2.74. The molecule has 0 saturated carbocycles. The molecule has 0 radical (unpaired) electrons. The van der Waals surface area contributed by atoms with E-state index in [9.17, 15) is 14.0 Å². The third-order valence-electron chi connectivity index (χ3n) is 1.65. The Balaban J connectivity index is 4.45. The highest BCUT2D eigenvalue weighted by Crippen LogP contribution is 2.03. The van der Waals surface area contributed by atoms with E-state index >= 15 is 0 Å². The van der Waals surface area contributed by atoms with Gasteiger partial charge in [0.15, 0.2) is 11.8 Å². The lowest BCUT2D eigenvalue weighted by atomic mass is 10.1. The van der Waals surface area contributed by atoms with Gasteiger partial charge in [0.25, 0.3) is 5.91 Å². The van der Waals surface area contributed by atoms with Gasteiger partial charge in [0.2, 0.25) is 0 Å². The van der Waals surface area contributed by atoms with Crippen LogP contribution >= 0.6 is 0 Å². The first-order valence-electron chi connectivity index (χ1n) is 3.82. The van der Waals surface area contributed by atoms with Crippen LogP contribution in [0.1, 0.15) is 20.3 Å². The molecule has 1 amide bonds. The van der Waals surface area contributed by atoms with E-state index in [1.807, 2.05) is 5.32 Å². The smallest absolute Gasteiger partial charge is 0.344 e. The highest BCUT2D eigenvalue weighted by atomic mass is 19.1. The summed E-state index contributed by atoms with van der Waals surface area (Å²) in [5.74, 6) is -2.41. The van der Waals surface area contributed by atoms with E-state index in [-0.39, 0.29) is 6.42 Å². The van der Waals surface area contributed by atoms with Crippen LogP contribution in [0.5, 0.6) is 0 Å². The lowest BCUT2D eigenvalue weighted by Gasteiger charge is -2.24. The number of halogens is 1. The van der Waals surface area contributed by atoms with Crippen LogP contribution in [0.25, 0.3) is 0 Å². The van der Waals surface area contributed by atoms with Crippen molar-refractivity contribution < 1.29 is 19.1 Å². The average molecular weight is 192 g/mol. The molecule has 13 heavy (non-hydrogen) atoms. The van der Waals surface area contributed by atoms with Crippen LogP contribution in [0.15, 0.2) is 0 Å². The van der Waals surface area contributed by atoms with Crippen LogP contribution in [0.2, 0.25) is 0 Å². The Kier molecular flexibility index (Phi) is 3.80. The third kappa shape index (κ3) is 2.98. The number of carboxylic acid groups (broad SMARTS) is 1. The van der Waals surface area contributed by atoms with Gasteiger partial charge in [-0.05, 0) is 13.3 Å². The summed E-state index contributed by atoms with van der Waals surface area (Å²) < 4.78 is 12.4. The van der Waals surface area contributed by atoms with Gasteiger partial charge in [-0.15, -0.1) is 0 Å². The van der Waals surface area contributed by atoms with E-state index in [1.165, 1.54) is 6.92 Å². The molecule has 6 heteroatoms. The van der Waals surface area contributed by atoms with Crippen molar-refractivity contribution >= 4 is 11.9 Å². The lowest BCUT2D eigenvalue weighted by molar-refractivity contribution is -0.148. The number of nitrogens with two attached hydrogens (primary N) is 1. The van der Waals surface area contributed by atoms with Crippen molar-refractivity contribution in [2.45, 2.75) is 32.1 Å². The SMILES string of the molecule is CCC(N)(NC(=O)C(C)F)C(=O)O. The minimum Gasteiger partial charge on any atom is -0.478 e. The molecule has 0 fully saturated rings. The number of alkyl halides is 1. The summed E-state index contributed by atoms with van der Waals surface area (Å²) in [5, 5.41) is 10.5. The summed E-state index contributed by atoms with van der Waals surface area (Å²) in [6.07, 6.45) is -1.78. The monoisotopic (exact) mass is 192 g/mol. The number of rotatable bonds is 4. The first-order valence-corrected chi connectivity index (χ1v) is 3.82.